The van der Waals surface area contributed by atoms with Gasteiger partial charge >= 0.3 is 6.16 Å². The summed E-state index contributed by atoms with van der Waals surface area (Å²) in [5, 5.41) is 0. The number of hydrogen-bond donors (Lipinski definition) is 0. The Labute approximate surface area is 142 Å². The summed E-state index contributed by atoms with van der Waals surface area (Å²) in [7, 11) is 1.59. The molecule has 1 aromatic rings. The lowest BCUT2D eigenvalue weighted by atomic mass is 9.99. The number of carbonyl (C=O) groups excluding carboxylic acids is 2. The second kappa shape index (κ2) is 8.15. The minimum atomic E-state index is -0.760. The summed E-state index contributed by atoms with van der Waals surface area (Å²) in [4.78, 5) is 25.9. The standard InChI is InChI=1S/C18H25NO5/c1-5-23-18(21)24-17-9-14(22-4)11-19(17)16(20)10-15-12(2)7-6-8-13(15)3/h6-8,14,17H,5,9-11H2,1-4H3. The summed E-state index contributed by atoms with van der Waals surface area (Å²) in [5.41, 5.74) is 3.17. The van der Waals surface area contributed by atoms with Gasteiger partial charge in [-0.1, -0.05) is 18.2 Å². The van der Waals surface area contributed by atoms with Crippen LogP contribution >= 0.6 is 0 Å². The van der Waals surface area contributed by atoms with Crippen LogP contribution < -0.4 is 0 Å². The number of ether oxygens (including phenoxy) is 3. The van der Waals surface area contributed by atoms with Crippen molar-refractivity contribution < 1.29 is 23.8 Å². The SMILES string of the molecule is CCOC(=O)OC1CC(OC)CN1C(=O)Cc1c(C)cccc1C. The number of rotatable bonds is 5. The number of methoxy groups -OCH3 is 1. The van der Waals surface area contributed by atoms with E-state index in [-0.39, 0.29) is 25.0 Å². The first-order valence-corrected chi connectivity index (χ1v) is 8.17. The molecule has 1 heterocycles. The van der Waals surface area contributed by atoms with E-state index >= 15 is 0 Å². The molecule has 1 saturated heterocycles. The van der Waals surface area contributed by atoms with Gasteiger partial charge in [-0.2, -0.15) is 0 Å². The Hall–Kier alpha value is -2.08. The molecule has 1 aromatic carbocycles. The molecule has 2 rings (SSSR count). The number of likely N-dealkylation sites (tertiary alicyclic amines) is 1. The largest absolute Gasteiger partial charge is 0.510 e. The quantitative estimate of drug-likeness (QED) is 0.774. The van der Waals surface area contributed by atoms with Crippen LogP contribution in [0.4, 0.5) is 4.79 Å². The molecule has 2 unspecified atom stereocenters. The Kier molecular flexibility index (Phi) is 6.20. The van der Waals surface area contributed by atoms with Gasteiger partial charge in [0, 0.05) is 13.5 Å². The van der Waals surface area contributed by atoms with E-state index in [4.69, 9.17) is 14.2 Å². The van der Waals surface area contributed by atoms with Crippen LogP contribution in [0.5, 0.6) is 0 Å². The fraction of sp³-hybridized carbons (Fsp3) is 0.556. The predicted octanol–water partition coefficient (Wildman–Crippen LogP) is 2.59. The zero-order chi connectivity index (χ0) is 17.7. The molecule has 6 heteroatoms. The molecule has 132 valence electrons. The van der Waals surface area contributed by atoms with Gasteiger partial charge in [-0.15, -0.1) is 0 Å². The third-order valence-electron chi connectivity index (χ3n) is 4.33. The van der Waals surface area contributed by atoms with Crippen LogP contribution in [-0.4, -0.2) is 49.6 Å². The van der Waals surface area contributed by atoms with Crippen LogP contribution in [0.2, 0.25) is 0 Å². The van der Waals surface area contributed by atoms with Crippen LogP contribution in [0.25, 0.3) is 0 Å². The number of benzene rings is 1. The minimum Gasteiger partial charge on any atom is -0.435 e. The van der Waals surface area contributed by atoms with E-state index in [0.29, 0.717) is 13.0 Å². The highest BCUT2D eigenvalue weighted by Gasteiger charge is 2.38. The van der Waals surface area contributed by atoms with Crippen molar-refractivity contribution in [1.29, 1.82) is 0 Å². The lowest BCUT2D eigenvalue weighted by molar-refractivity contribution is -0.138. The first kappa shape index (κ1) is 18.3. The average molecular weight is 335 g/mol. The highest BCUT2D eigenvalue weighted by Crippen LogP contribution is 2.24. The highest BCUT2D eigenvalue weighted by molar-refractivity contribution is 5.80. The van der Waals surface area contributed by atoms with Gasteiger partial charge in [-0.3, -0.25) is 4.79 Å². The molecule has 0 N–H and O–H groups in total. The van der Waals surface area contributed by atoms with Crippen molar-refractivity contribution >= 4 is 12.1 Å². The number of carbonyl (C=O) groups is 2. The summed E-state index contributed by atoms with van der Waals surface area (Å²) >= 11 is 0. The number of nitrogens with zero attached hydrogens (tertiary/aromatic N) is 1. The Morgan fingerprint density at radius 3 is 2.50 bits per heavy atom. The molecule has 1 amide bonds. The maximum atomic E-state index is 12.8. The van der Waals surface area contributed by atoms with Gasteiger partial charge in [0.25, 0.3) is 0 Å². The van der Waals surface area contributed by atoms with Crippen molar-refractivity contribution in [2.45, 2.75) is 45.9 Å². The molecule has 2 atom stereocenters. The van der Waals surface area contributed by atoms with Gasteiger partial charge < -0.3 is 19.1 Å². The van der Waals surface area contributed by atoms with Crippen molar-refractivity contribution in [3.05, 3.63) is 34.9 Å². The van der Waals surface area contributed by atoms with Crippen LogP contribution in [0, 0.1) is 13.8 Å². The molecular weight excluding hydrogens is 310 g/mol. The molecule has 1 fully saturated rings. The molecule has 0 radical (unpaired) electrons. The lowest BCUT2D eigenvalue weighted by Crippen LogP contribution is -2.40. The van der Waals surface area contributed by atoms with E-state index in [0.717, 1.165) is 16.7 Å². The summed E-state index contributed by atoms with van der Waals surface area (Å²) in [6, 6.07) is 5.95. The van der Waals surface area contributed by atoms with E-state index in [2.05, 4.69) is 0 Å². The molecule has 0 saturated carbocycles. The molecule has 0 bridgehead atoms. The summed E-state index contributed by atoms with van der Waals surface area (Å²) in [6.45, 7) is 6.33. The van der Waals surface area contributed by atoms with E-state index in [1.807, 2.05) is 32.0 Å². The molecule has 1 aliphatic heterocycles. The molecule has 0 aliphatic carbocycles. The highest BCUT2D eigenvalue weighted by atomic mass is 16.7. The fourth-order valence-corrected chi connectivity index (χ4v) is 2.95. The van der Waals surface area contributed by atoms with Crippen molar-refractivity contribution in [3.63, 3.8) is 0 Å². The van der Waals surface area contributed by atoms with Crippen LogP contribution in [0.15, 0.2) is 18.2 Å². The fourth-order valence-electron chi connectivity index (χ4n) is 2.95. The van der Waals surface area contributed by atoms with Crippen molar-refractivity contribution in [3.8, 4) is 0 Å². The first-order valence-electron chi connectivity index (χ1n) is 8.17. The molecule has 24 heavy (non-hydrogen) atoms. The summed E-state index contributed by atoms with van der Waals surface area (Å²) in [6.07, 6.45) is -0.827. The maximum Gasteiger partial charge on any atom is 0.510 e. The average Bonchev–Trinajstić information content (AvgIpc) is 2.94. The second-order valence-electron chi connectivity index (χ2n) is 5.94. The number of amides is 1. The van der Waals surface area contributed by atoms with Crippen LogP contribution in [-0.2, 0) is 25.4 Å². The van der Waals surface area contributed by atoms with Gasteiger partial charge in [0.15, 0.2) is 6.23 Å². The number of hydrogen-bond acceptors (Lipinski definition) is 5. The first-order chi connectivity index (χ1) is 11.5. The Bertz CT molecular complexity index is 581. The molecular formula is C18H25NO5. The third kappa shape index (κ3) is 4.26. The van der Waals surface area contributed by atoms with Gasteiger partial charge in [0.1, 0.15) is 0 Å². The van der Waals surface area contributed by atoms with E-state index in [1.165, 1.54) is 0 Å². The Balaban J connectivity index is 2.11. The molecule has 1 aliphatic rings. The van der Waals surface area contributed by atoms with E-state index < -0.39 is 12.4 Å². The Morgan fingerprint density at radius 1 is 1.25 bits per heavy atom. The van der Waals surface area contributed by atoms with Crippen molar-refractivity contribution in [2.24, 2.45) is 0 Å². The lowest BCUT2D eigenvalue weighted by Gasteiger charge is -2.24. The van der Waals surface area contributed by atoms with Crippen LogP contribution in [0.1, 0.15) is 30.0 Å². The monoisotopic (exact) mass is 335 g/mol. The topological polar surface area (TPSA) is 65.1 Å². The number of aryl methyl sites for hydroxylation is 2. The normalized spacial score (nSPS) is 20.1. The van der Waals surface area contributed by atoms with Gasteiger partial charge in [-0.25, -0.2) is 4.79 Å². The molecule has 0 aromatic heterocycles. The third-order valence-corrected chi connectivity index (χ3v) is 4.33. The minimum absolute atomic E-state index is 0.0822. The molecule has 0 spiro atoms. The van der Waals surface area contributed by atoms with Gasteiger partial charge in [-0.05, 0) is 37.5 Å². The van der Waals surface area contributed by atoms with E-state index in [9.17, 15) is 9.59 Å². The van der Waals surface area contributed by atoms with Crippen molar-refractivity contribution in [2.75, 3.05) is 20.3 Å². The maximum absolute atomic E-state index is 12.8. The van der Waals surface area contributed by atoms with Crippen molar-refractivity contribution in [1.82, 2.24) is 4.90 Å². The second-order valence-corrected chi connectivity index (χ2v) is 5.94. The van der Waals surface area contributed by atoms with E-state index in [1.54, 1.807) is 18.9 Å². The Morgan fingerprint density at radius 2 is 1.92 bits per heavy atom. The summed E-state index contributed by atoms with van der Waals surface area (Å²) in [5.74, 6) is -0.0822. The predicted molar refractivity (Wildman–Crippen MR) is 88.6 cm³/mol. The van der Waals surface area contributed by atoms with Crippen LogP contribution in [0.3, 0.4) is 0 Å². The summed E-state index contributed by atoms with van der Waals surface area (Å²) < 4.78 is 15.4. The molecule has 6 nitrogen and oxygen atoms in total. The zero-order valence-corrected chi connectivity index (χ0v) is 14.7. The zero-order valence-electron chi connectivity index (χ0n) is 14.7. The smallest absolute Gasteiger partial charge is 0.435 e. The van der Waals surface area contributed by atoms with Gasteiger partial charge in [0.2, 0.25) is 5.91 Å². The van der Waals surface area contributed by atoms with Gasteiger partial charge in [0.05, 0.1) is 25.7 Å².